The standard InChI is InChI=1S/C64H44N2.C8H10O.C4H8.CH3Se/c1-64(2)58-31-28-42(41-24-25-44-32-45-26-29-48(39-56(45)55(44)36-41)65-60-20-10-6-16-51(60)52-17-7-11-21-61(52)65)37-57(58)50-30-27-43(38-59(50)64)47-33-46(40-14-4-3-5-15-40)34-49(35-47)66-62-22-12-8-18-53(62)54-19-9-13-23-63(54)66;1-5-7(3)9-8(4)6-2;1-3-4-2;1-2/h3-31,33-39H,32H2,1-2H3;5-6H,1-4H2;3H,1,4H2,2H3;1H3. The number of allylic oxidation sites excluding steroid dienone is 3. The van der Waals surface area contributed by atoms with E-state index in [2.05, 4.69) is 297 Å². The van der Waals surface area contributed by atoms with Gasteiger partial charge in [-0.05, 0) is 176 Å². The van der Waals surface area contributed by atoms with Crippen molar-refractivity contribution in [3.8, 4) is 67.0 Å². The fourth-order valence-electron chi connectivity index (χ4n) is 11.9. The van der Waals surface area contributed by atoms with Gasteiger partial charge in [-0.15, -0.1) is 6.58 Å². The molecule has 4 heteroatoms. The van der Waals surface area contributed by atoms with Gasteiger partial charge in [-0.2, -0.15) is 0 Å². The molecule has 0 amide bonds. The molecule has 0 spiro atoms. The number of para-hydroxylation sites is 4. The van der Waals surface area contributed by atoms with Crippen molar-refractivity contribution >= 4 is 59.6 Å². The molecule has 1 radical (unpaired) electrons. The molecule has 395 valence electrons. The summed E-state index contributed by atoms with van der Waals surface area (Å²) in [6.45, 7) is 24.3. The first-order chi connectivity index (χ1) is 39.6. The third-order valence-corrected chi connectivity index (χ3v) is 15.9. The molecule has 0 saturated carbocycles. The number of rotatable bonds is 10. The van der Waals surface area contributed by atoms with E-state index in [4.69, 9.17) is 4.74 Å². The fourth-order valence-corrected chi connectivity index (χ4v) is 11.9. The molecule has 12 aromatic rings. The van der Waals surface area contributed by atoms with Gasteiger partial charge in [0.25, 0.3) is 0 Å². The van der Waals surface area contributed by atoms with Gasteiger partial charge in [0.05, 0.1) is 22.1 Å². The average molecular weight is 1110 g/mol. The molecule has 0 aliphatic heterocycles. The Balaban J connectivity index is 0.000000412. The van der Waals surface area contributed by atoms with Crippen LogP contribution in [0.15, 0.2) is 281 Å². The maximum absolute atomic E-state index is 4.92. The minimum atomic E-state index is -0.161. The molecule has 2 aliphatic rings. The van der Waals surface area contributed by atoms with E-state index in [1.54, 1.807) is 0 Å². The third kappa shape index (κ3) is 9.93. The Morgan fingerprint density at radius 1 is 0.432 bits per heavy atom. The molecule has 3 nitrogen and oxygen atoms in total. The second-order valence-electron chi connectivity index (χ2n) is 21.0. The van der Waals surface area contributed by atoms with E-state index in [1.807, 2.05) is 11.9 Å². The van der Waals surface area contributed by atoms with E-state index in [-0.39, 0.29) is 5.41 Å². The van der Waals surface area contributed by atoms with Gasteiger partial charge in [0.1, 0.15) is 11.5 Å². The molecule has 2 heterocycles. The number of ether oxygens (including phenoxy) is 1. The maximum atomic E-state index is 4.92. The van der Waals surface area contributed by atoms with E-state index in [1.165, 1.54) is 139 Å². The van der Waals surface area contributed by atoms with Gasteiger partial charge in [-0.3, -0.25) is 0 Å². The Bertz CT molecular complexity index is 4300. The summed E-state index contributed by atoms with van der Waals surface area (Å²) in [6.07, 6.45) is 6.93. The van der Waals surface area contributed by atoms with Crippen LogP contribution in [0.4, 0.5) is 0 Å². The van der Waals surface area contributed by atoms with Gasteiger partial charge in [-0.25, -0.2) is 0 Å². The Hall–Kier alpha value is -9.18. The summed E-state index contributed by atoms with van der Waals surface area (Å²) >= 11 is 2.62. The normalized spacial score (nSPS) is 12.1. The number of fused-ring (bicyclic) bond motifs is 12. The topological polar surface area (TPSA) is 19.1 Å². The Morgan fingerprint density at radius 3 is 1.40 bits per heavy atom. The van der Waals surface area contributed by atoms with Crippen LogP contribution in [0, 0.1) is 0 Å². The summed E-state index contributed by atoms with van der Waals surface area (Å²) in [5.74, 6) is 2.85. The van der Waals surface area contributed by atoms with Crippen molar-refractivity contribution in [1.82, 2.24) is 9.13 Å². The summed E-state index contributed by atoms with van der Waals surface area (Å²) in [4.78, 5) is 0. The molecule has 0 atom stereocenters. The number of hydrogen-bond donors (Lipinski definition) is 0. The number of aromatic nitrogens is 2. The molecule has 0 N–H and O–H groups in total. The van der Waals surface area contributed by atoms with Crippen LogP contribution in [0.3, 0.4) is 0 Å². The van der Waals surface area contributed by atoms with Gasteiger partial charge < -0.3 is 13.9 Å². The van der Waals surface area contributed by atoms with Crippen LogP contribution in [0.2, 0.25) is 5.82 Å². The van der Waals surface area contributed by atoms with Crippen molar-refractivity contribution < 1.29 is 4.74 Å². The molecule has 10 aromatic carbocycles. The predicted octanol–water partition coefficient (Wildman–Crippen LogP) is 20.9. The second kappa shape index (κ2) is 22.9. The summed E-state index contributed by atoms with van der Waals surface area (Å²) in [7, 11) is 0. The summed E-state index contributed by atoms with van der Waals surface area (Å²) in [5, 5.41) is 5.11. The summed E-state index contributed by atoms with van der Waals surface area (Å²) in [6, 6.07) is 81.7. The monoisotopic (exact) mass is 1110 g/mol. The zero-order valence-electron chi connectivity index (χ0n) is 46.7. The van der Waals surface area contributed by atoms with Crippen LogP contribution in [0.1, 0.15) is 49.4 Å². The van der Waals surface area contributed by atoms with Crippen LogP contribution in [-0.2, 0) is 16.6 Å². The molecule has 14 rings (SSSR count). The fraction of sp³-hybridized carbons (Fsp3) is 0.0909. The summed E-state index contributed by atoms with van der Waals surface area (Å²) in [5.41, 5.74) is 25.4. The van der Waals surface area contributed by atoms with Crippen LogP contribution < -0.4 is 0 Å². The first-order valence-corrected chi connectivity index (χ1v) is 29.4. The van der Waals surface area contributed by atoms with Crippen LogP contribution in [0.25, 0.3) is 111 Å². The van der Waals surface area contributed by atoms with E-state index >= 15 is 0 Å². The van der Waals surface area contributed by atoms with Gasteiger partial charge in [-0.1, -0.05) is 199 Å². The molecule has 0 fully saturated rings. The molecule has 81 heavy (non-hydrogen) atoms. The number of benzene rings is 10. The average Bonchev–Trinajstić information content (AvgIpc) is 4.45. The number of hydrogen-bond acceptors (Lipinski definition) is 1. The van der Waals surface area contributed by atoms with Gasteiger partial charge in [0.15, 0.2) is 0 Å². The molecule has 0 saturated heterocycles. The van der Waals surface area contributed by atoms with E-state index < -0.39 is 0 Å². The van der Waals surface area contributed by atoms with Crippen LogP contribution in [-0.4, -0.2) is 25.1 Å². The van der Waals surface area contributed by atoms with Gasteiger partial charge >= 0.3 is 21.8 Å². The van der Waals surface area contributed by atoms with Crippen molar-refractivity contribution in [2.45, 2.75) is 44.9 Å². The SMILES string of the molecule is C=CC(=C)OC(=C)C=C.C=CCC.CC1(C)c2ccc(-c3ccc4c(c3)-c3cc(-n5c6ccccc6c6ccccc65)ccc3C4)cc2-c2ccc(-c3cc(-c4ccccc4)cc(-n4c5ccccc5c5ccccc54)c3)cc21.C[Se]. The Morgan fingerprint density at radius 2 is 0.864 bits per heavy atom. The quantitative estimate of drug-likeness (QED) is 0.0578. The van der Waals surface area contributed by atoms with Gasteiger partial charge in [0.2, 0.25) is 0 Å². The molecular weight excluding hydrogens is 1050 g/mol. The van der Waals surface area contributed by atoms with E-state index in [9.17, 15) is 0 Å². The first kappa shape index (κ1) is 53.8. The Labute approximate surface area is 485 Å². The molecular formula is C77H65N2OSe. The van der Waals surface area contributed by atoms with Crippen LogP contribution >= 0.6 is 0 Å². The van der Waals surface area contributed by atoms with Crippen LogP contribution in [0.5, 0.6) is 0 Å². The van der Waals surface area contributed by atoms with Crippen molar-refractivity contribution in [1.29, 1.82) is 0 Å². The van der Waals surface area contributed by atoms with Crippen molar-refractivity contribution in [2.75, 3.05) is 0 Å². The van der Waals surface area contributed by atoms with Crippen molar-refractivity contribution in [2.24, 2.45) is 0 Å². The zero-order chi connectivity index (χ0) is 56.4. The third-order valence-electron chi connectivity index (χ3n) is 15.9. The second-order valence-corrected chi connectivity index (χ2v) is 21.0. The van der Waals surface area contributed by atoms with Crippen molar-refractivity contribution in [3.63, 3.8) is 0 Å². The molecule has 0 unspecified atom stereocenters. The zero-order valence-corrected chi connectivity index (χ0v) is 48.4. The Kier molecular flexibility index (Phi) is 15.2. The summed E-state index contributed by atoms with van der Waals surface area (Å²) < 4.78 is 9.80. The predicted molar refractivity (Wildman–Crippen MR) is 349 cm³/mol. The molecule has 2 aliphatic carbocycles. The first-order valence-electron chi connectivity index (χ1n) is 27.6. The number of nitrogens with zero attached hydrogens (tertiary/aromatic N) is 2. The van der Waals surface area contributed by atoms with Crippen molar-refractivity contribution in [3.05, 3.63) is 303 Å². The minimum absolute atomic E-state index is 0.161. The van der Waals surface area contributed by atoms with E-state index in [0.29, 0.717) is 11.5 Å². The molecule has 0 bridgehead atoms. The van der Waals surface area contributed by atoms with E-state index in [0.717, 1.165) is 18.5 Å². The molecule has 2 aromatic heterocycles. The van der Waals surface area contributed by atoms with Gasteiger partial charge in [0, 0.05) is 38.3 Å².